The second kappa shape index (κ2) is 8.43. The molecule has 0 aromatic rings. The van der Waals surface area contributed by atoms with Gasteiger partial charge in [0.2, 0.25) is 0 Å². The Labute approximate surface area is 140 Å². The minimum atomic E-state index is -0.625. The van der Waals surface area contributed by atoms with E-state index in [0.717, 1.165) is 6.42 Å². The molecule has 0 saturated carbocycles. The first-order valence-electron chi connectivity index (χ1n) is 8.06. The van der Waals surface area contributed by atoms with Crippen molar-refractivity contribution in [2.45, 2.75) is 51.6 Å². The fourth-order valence-electron chi connectivity index (χ4n) is 3.36. The van der Waals surface area contributed by atoms with Crippen molar-refractivity contribution in [2.24, 2.45) is 11.8 Å². The van der Waals surface area contributed by atoms with E-state index in [1.54, 1.807) is 0 Å². The molecule has 0 aromatic heterocycles. The molecule has 0 amide bonds. The van der Waals surface area contributed by atoms with Crippen LogP contribution in [0.15, 0.2) is 0 Å². The van der Waals surface area contributed by atoms with E-state index < -0.39 is 30.4 Å². The maximum absolute atomic E-state index is 11.5. The van der Waals surface area contributed by atoms with Crippen LogP contribution in [0.4, 0.5) is 0 Å². The van der Waals surface area contributed by atoms with Gasteiger partial charge in [-0.3, -0.25) is 14.4 Å². The summed E-state index contributed by atoms with van der Waals surface area (Å²) in [6, 6.07) is 0. The number of ether oxygens (including phenoxy) is 5. The molecule has 2 fully saturated rings. The van der Waals surface area contributed by atoms with Crippen LogP contribution in [-0.2, 0) is 38.1 Å². The Bertz CT molecular complexity index is 477. The van der Waals surface area contributed by atoms with Crippen LogP contribution in [-0.4, -0.2) is 56.7 Å². The first-order chi connectivity index (χ1) is 11.4. The molecular formula is C16H24O8. The van der Waals surface area contributed by atoms with E-state index in [1.807, 2.05) is 0 Å². The van der Waals surface area contributed by atoms with Crippen LogP contribution in [0.25, 0.3) is 0 Å². The Morgan fingerprint density at radius 3 is 2.54 bits per heavy atom. The fourth-order valence-corrected chi connectivity index (χ4v) is 3.36. The molecule has 0 aromatic carbocycles. The Morgan fingerprint density at radius 1 is 1.17 bits per heavy atom. The molecule has 2 saturated heterocycles. The van der Waals surface area contributed by atoms with E-state index >= 15 is 0 Å². The van der Waals surface area contributed by atoms with Gasteiger partial charge in [-0.25, -0.2) is 0 Å². The van der Waals surface area contributed by atoms with Crippen LogP contribution in [0.5, 0.6) is 0 Å². The molecule has 136 valence electrons. The molecule has 24 heavy (non-hydrogen) atoms. The van der Waals surface area contributed by atoms with Crippen molar-refractivity contribution in [1.82, 2.24) is 0 Å². The monoisotopic (exact) mass is 344 g/mol. The molecule has 0 unspecified atom stereocenters. The van der Waals surface area contributed by atoms with Crippen molar-refractivity contribution in [3.05, 3.63) is 0 Å². The topological polar surface area (TPSA) is 97.4 Å². The zero-order valence-corrected chi connectivity index (χ0v) is 14.2. The zero-order chi connectivity index (χ0) is 17.7. The van der Waals surface area contributed by atoms with Gasteiger partial charge in [-0.1, -0.05) is 0 Å². The van der Waals surface area contributed by atoms with Gasteiger partial charge in [0.1, 0.15) is 18.8 Å². The predicted octanol–water partition coefficient (Wildman–Crippen LogP) is 0.812. The molecule has 2 aliphatic heterocycles. The number of carbonyl (C=O) groups excluding carboxylic acids is 3. The van der Waals surface area contributed by atoms with E-state index in [9.17, 15) is 14.4 Å². The number of methoxy groups -OCH3 is 1. The van der Waals surface area contributed by atoms with Gasteiger partial charge >= 0.3 is 17.9 Å². The average molecular weight is 344 g/mol. The molecule has 5 atom stereocenters. The molecule has 0 bridgehead atoms. The third kappa shape index (κ3) is 4.67. The van der Waals surface area contributed by atoms with Crippen LogP contribution in [0.1, 0.15) is 33.1 Å². The quantitative estimate of drug-likeness (QED) is 0.516. The molecule has 2 rings (SSSR count). The SMILES string of the molecule is COC(=O)CC[C@@H]1[C@H]2CCO[C@H]2O[C@H](COC(C)=O)[C@H]1OC(C)=O. The summed E-state index contributed by atoms with van der Waals surface area (Å²) >= 11 is 0. The number of esters is 3. The number of rotatable bonds is 6. The van der Waals surface area contributed by atoms with E-state index in [2.05, 4.69) is 0 Å². The van der Waals surface area contributed by atoms with Crippen molar-refractivity contribution in [1.29, 1.82) is 0 Å². The summed E-state index contributed by atoms with van der Waals surface area (Å²) in [5, 5.41) is 0. The Hall–Kier alpha value is -1.67. The Balaban J connectivity index is 2.15. The smallest absolute Gasteiger partial charge is 0.305 e. The van der Waals surface area contributed by atoms with Crippen LogP contribution < -0.4 is 0 Å². The van der Waals surface area contributed by atoms with Gasteiger partial charge < -0.3 is 23.7 Å². The van der Waals surface area contributed by atoms with Gasteiger partial charge in [-0.15, -0.1) is 0 Å². The maximum Gasteiger partial charge on any atom is 0.305 e. The zero-order valence-electron chi connectivity index (χ0n) is 14.2. The third-order valence-corrected chi connectivity index (χ3v) is 4.39. The molecule has 0 aliphatic carbocycles. The fraction of sp³-hybridized carbons (Fsp3) is 0.812. The summed E-state index contributed by atoms with van der Waals surface area (Å²) in [4.78, 5) is 34.1. The Morgan fingerprint density at radius 2 is 1.92 bits per heavy atom. The highest BCUT2D eigenvalue weighted by Crippen LogP contribution is 2.41. The summed E-state index contributed by atoms with van der Waals surface area (Å²) in [7, 11) is 1.33. The van der Waals surface area contributed by atoms with Gasteiger partial charge in [0.15, 0.2) is 6.29 Å². The largest absolute Gasteiger partial charge is 0.469 e. The standard InChI is InChI=1S/C16H24O8/c1-9(17)22-8-13-15(23-10(2)18)11(4-5-14(19)20-3)12-6-7-21-16(12)24-13/h11-13,15-16H,4-8H2,1-3H3/t11-,12-,13-,15+,16+/m1/s1. The van der Waals surface area contributed by atoms with Crippen molar-refractivity contribution in [3.63, 3.8) is 0 Å². The lowest BCUT2D eigenvalue weighted by Crippen LogP contribution is -2.53. The maximum atomic E-state index is 11.5. The van der Waals surface area contributed by atoms with Crippen LogP contribution in [0.2, 0.25) is 0 Å². The van der Waals surface area contributed by atoms with Gasteiger partial charge in [-0.05, 0) is 12.8 Å². The summed E-state index contributed by atoms with van der Waals surface area (Å²) in [5.74, 6) is -1.32. The van der Waals surface area contributed by atoms with Gasteiger partial charge in [-0.2, -0.15) is 0 Å². The van der Waals surface area contributed by atoms with E-state index in [0.29, 0.717) is 13.0 Å². The molecule has 0 spiro atoms. The van der Waals surface area contributed by atoms with Crippen molar-refractivity contribution in [2.75, 3.05) is 20.3 Å². The third-order valence-electron chi connectivity index (χ3n) is 4.39. The van der Waals surface area contributed by atoms with Crippen LogP contribution in [0.3, 0.4) is 0 Å². The average Bonchev–Trinajstić information content (AvgIpc) is 2.98. The van der Waals surface area contributed by atoms with E-state index in [4.69, 9.17) is 23.7 Å². The van der Waals surface area contributed by atoms with Gasteiger partial charge in [0, 0.05) is 32.1 Å². The minimum Gasteiger partial charge on any atom is -0.469 e. The summed E-state index contributed by atoms with van der Waals surface area (Å²) < 4.78 is 26.6. The highest BCUT2D eigenvalue weighted by atomic mass is 16.7. The summed E-state index contributed by atoms with van der Waals surface area (Å²) in [6.07, 6.45) is -0.222. The first kappa shape index (κ1) is 18.7. The minimum absolute atomic E-state index is 0.0209. The van der Waals surface area contributed by atoms with E-state index in [-0.39, 0.29) is 30.8 Å². The van der Waals surface area contributed by atoms with Gasteiger partial charge in [0.25, 0.3) is 0 Å². The lowest BCUT2D eigenvalue weighted by molar-refractivity contribution is -0.254. The van der Waals surface area contributed by atoms with Crippen LogP contribution in [0, 0.1) is 11.8 Å². The second-order valence-electron chi connectivity index (χ2n) is 6.02. The molecule has 2 aliphatic rings. The summed E-state index contributed by atoms with van der Waals surface area (Å²) in [6.45, 7) is 3.12. The van der Waals surface area contributed by atoms with Crippen molar-refractivity contribution < 1.29 is 38.1 Å². The van der Waals surface area contributed by atoms with Gasteiger partial charge in [0.05, 0.1) is 13.7 Å². The van der Waals surface area contributed by atoms with Crippen LogP contribution >= 0.6 is 0 Å². The molecular weight excluding hydrogens is 320 g/mol. The highest BCUT2D eigenvalue weighted by molar-refractivity contribution is 5.69. The number of hydrogen-bond acceptors (Lipinski definition) is 8. The second-order valence-corrected chi connectivity index (χ2v) is 6.02. The Kier molecular flexibility index (Phi) is 6.56. The summed E-state index contributed by atoms with van der Waals surface area (Å²) in [5.41, 5.74) is 0. The lowest BCUT2D eigenvalue weighted by atomic mass is 9.78. The number of carbonyl (C=O) groups is 3. The van der Waals surface area contributed by atoms with Crippen molar-refractivity contribution in [3.8, 4) is 0 Å². The predicted molar refractivity (Wildman–Crippen MR) is 79.6 cm³/mol. The molecule has 8 heteroatoms. The van der Waals surface area contributed by atoms with E-state index in [1.165, 1.54) is 21.0 Å². The molecule has 2 heterocycles. The highest BCUT2D eigenvalue weighted by Gasteiger charge is 2.50. The first-order valence-corrected chi connectivity index (χ1v) is 8.06. The lowest BCUT2D eigenvalue weighted by Gasteiger charge is -2.43. The normalized spacial score (nSPS) is 31.9. The van der Waals surface area contributed by atoms with Crippen molar-refractivity contribution >= 4 is 17.9 Å². The number of fused-ring (bicyclic) bond motifs is 1. The molecule has 0 N–H and O–H groups in total. The molecule has 8 nitrogen and oxygen atoms in total. The molecule has 0 radical (unpaired) electrons. The number of hydrogen-bond donors (Lipinski definition) is 0.